The van der Waals surface area contributed by atoms with Gasteiger partial charge < -0.3 is 15.5 Å². The van der Waals surface area contributed by atoms with Crippen LogP contribution in [0.2, 0.25) is 0 Å². The number of carbonyl (C=O) groups is 1. The van der Waals surface area contributed by atoms with Crippen molar-refractivity contribution in [2.24, 2.45) is 22.2 Å². The van der Waals surface area contributed by atoms with Crippen molar-refractivity contribution in [1.82, 2.24) is 10.2 Å². The van der Waals surface area contributed by atoms with Gasteiger partial charge in [-0.1, -0.05) is 39.0 Å². The van der Waals surface area contributed by atoms with E-state index in [1.54, 1.807) is 12.1 Å². The summed E-state index contributed by atoms with van der Waals surface area (Å²) in [5.74, 6) is 0.678. The Morgan fingerprint density at radius 3 is 2.59 bits per heavy atom. The molecule has 3 atom stereocenters. The fraction of sp³-hybridized carbons (Fsp3) is 0.548. The second-order valence-corrected chi connectivity index (χ2v) is 11.4. The lowest BCUT2D eigenvalue weighted by Crippen LogP contribution is -2.31. The molecule has 202 valence electrons. The van der Waals surface area contributed by atoms with E-state index in [0.717, 1.165) is 24.6 Å². The van der Waals surface area contributed by atoms with Gasteiger partial charge in [0, 0.05) is 55.8 Å². The standard InChI is InChI=1S/C31H45FN4O/c1-8-36(7)20-29(21(2)3)33-19-22(4)34-23(5)27-17-26(11-12-28(27)32)35-30(37)18-31(6)15-13-25(14-16-31)24-9-10-24/h11-15,17,19-24,34H,8-10,16,18H2,1-7H3,(H,35,37)/b29-20+,33-19?/t22?,23-,31?/m0/s1. The van der Waals surface area contributed by atoms with Crippen LogP contribution in [0.3, 0.4) is 0 Å². The van der Waals surface area contributed by atoms with Gasteiger partial charge in [-0.15, -0.1) is 0 Å². The molecule has 0 heterocycles. The molecule has 6 heteroatoms. The molecule has 2 N–H and O–H groups in total. The third-order valence-corrected chi connectivity index (χ3v) is 7.24. The summed E-state index contributed by atoms with van der Waals surface area (Å²) in [6.45, 7) is 13.3. The number of nitrogens with zero attached hydrogens (tertiary/aromatic N) is 2. The Morgan fingerprint density at radius 2 is 2.00 bits per heavy atom. The molecule has 1 aromatic rings. The molecule has 2 aliphatic rings. The number of nitrogens with one attached hydrogen (secondary N) is 2. The predicted octanol–water partition coefficient (Wildman–Crippen LogP) is 7.02. The van der Waals surface area contributed by atoms with Crippen LogP contribution in [0.15, 0.2) is 58.9 Å². The quantitative estimate of drug-likeness (QED) is 0.298. The van der Waals surface area contributed by atoms with Crippen LogP contribution in [0.25, 0.3) is 0 Å². The van der Waals surface area contributed by atoms with E-state index < -0.39 is 0 Å². The highest BCUT2D eigenvalue weighted by molar-refractivity contribution is 5.91. The summed E-state index contributed by atoms with van der Waals surface area (Å²) >= 11 is 0. The lowest BCUT2D eigenvalue weighted by molar-refractivity contribution is -0.117. The average molecular weight is 509 g/mol. The van der Waals surface area contributed by atoms with Crippen molar-refractivity contribution >= 4 is 17.8 Å². The maximum absolute atomic E-state index is 14.7. The van der Waals surface area contributed by atoms with Crippen molar-refractivity contribution in [3.63, 3.8) is 0 Å². The largest absolute Gasteiger partial charge is 0.379 e. The Labute approximate surface area is 223 Å². The molecule has 0 bridgehead atoms. The monoisotopic (exact) mass is 508 g/mol. The number of rotatable bonds is 12. The van der Waals surface area contributed by atoms with Gasteiger partial charge in [-0.25, -0.2) is 4.39 Å². The molecule has 2 unspecified atom stereocenters. The smallest absolute Gasteiger partial charge is 0.225 e. The van der Waals surface area contributed by atoms with E-state index in [2.05, 4.69) is 72.6 Å². The lowest BCUT2D eigenvalue weighted by Gasteiger charge is -2.27. The van der Waals surface area contributed by atoms with Gasteiger partial charge in [0.2, 0.25) is 5.91 Å². The summed E-state index contributed by atoms with van der Waals surface area (Å²) in [7, 11) is 2.03. The first kappa shape index (κ1) is 28.8. The summed E-state index contributed by atoms with van der Waals surface area (Å²) in [6, 6.07) is 4.47. The molecule has 0 spiro atoms. The predicted molar refractivity (Wildman–Crippen MR) is 153 cm³/mol. The average Bonchev–Trinajstić information content (AvgIpc) is 3.68. The number of benzene rings is 1. The Hall–Kier alpha value is -2.73. The minimum atomic E-state index is -0.297. The lowest BCUT2D eigenvalue weighted by atomic mass is 9.78. The van der Waals surface area contributed by atoms with Crippen molar-refractivity contribution in [3.05, 3.63) is 65.3 Å². The fourth-order valence-electron chi connectivity index (χ4n) is 4.53. The van der Waals surface area contributed by atoms with Gasteiger partial charge in [0.1, 0.15) is 5.82 Å². The van der Waals surface area contributed by atoms with E-state index in [1.165, 1.54) is 24.5 Å². The van der Waals surface area contributed by atoms with Crippen molar-refractivity contribution in [1.29, 1.82) is 0 Å². The zero-order valence-corrected chi connectivity index (χ0v) is 23.6. The number of allylic oxidation sites excluding steroid dienone is 5. The van der Waals surface area contributed by atoms with Crippen LogP contribution in [-0.4, -0.2) is 36.7 Å². The minimum Gasteiger partial charge on any atom is -0.379 e. The zero-order chi connectivity index (χ0) is 27.2. The molecule has 1 amide bonds. The number of anilines is 1. The van der Waals surface area contributed by atoms with Gasteiger partial charge in [0.25, 0.3) is 0 Å². The number of hydrogen-bond donors (Lipinski definition) is 2. The molecule has 0 aromatic heterocycles. The second kappa shape index (κ2) is 12.7. The Kier molecular flexibility index (Phi) is 9.88. The van der Waals surface area contributed by atoms with Crippen LogP contribution >= 0.6 is 0 Å². The Bertz CT molecular complexity index is 1070. The first-order chi connectivity index (χ1) is 17.5. The first-order valence-corrected chi connectivity index (χ1v) is 13.7. The van der Waals surface area contributed by atoms with Gasteiger partial charge in [0.15, 0.2) is 0 Å². The molecule has 0 aliphatic heterocycles. The summed E-state index contributed by atoms with van der Waals surface area (Å²) in [6.07, 6.45) is 14.4. The number of carbonyl (C=O) groups excluding carboxylic acids is 1. The van der Waals surface area contributed by atoms with Crippen molar-refractivity contribution in [2.75, 3.05) is 18.9 Å². The van der Waals surface area contributed by atoms with Crippen LogP contribution in [-0.2, 0) is 4.79 Å². The zero-order valence-electron chi connectivity index (χ0n) is 23.6. The van der Waals surface area contributed by atoms with Crippen LogP contribution in [0.4, 0.5) is 10.1 Å². The molecule has 1 saturated carbocycles. The van der Waals surface area contributed by atoms with Crippen LogP contribution in [0.1, 0.15) is 78.8 Å². The number of amides is 1. The number of halogens is 1. The molecular formula is C31H45FN4O. The van der Waals surface area contributed by atoms with E-state index >= 15 is 0 Å². The van der Waals surface area contributed by atoms with Crippen molar-refractivity contribution in [3.8, 4) is 0 Å². The number of hydrogen-bond acceptors (Lipinski definition) is 4. The SMILES string of the molecule is CCN(C)/C=C(/N=CC(C)N[C@@H](C)c1cc(NC(=O)CC2(C)C=CC(C3CC3)=CC2)ccc1F)C(C)C. The Morgan fingerprint density at radius 1 is 1.27 bits per heavy atom. The van der Waals surface area contributed by atoms with Gasteiger partial charge in [-0.05, 0) is 81.1 Å². The molecule has 2 aliphatic carbocycles. The normalized spacial score (nSPS) is 21.8. The highest BCUT2D eigenvalue weighted by Gasteiger charge is 2.31. The molecule has 1 aromatic carbocycles. The molecule has 37 heavy (non-hydrogen) atoms. The fourth-order valence-corrected chi connectivity index (χ4v) is 4.53. The molecule has 0 radical (unpaired) electrons. The van der Waals surface area contributed by atoms with Crippen LogP contribution < -0.4 is 10.6 Å². The molecule has 1 fully saturated rings. The third-order valence-electron chi connectivity index (χ3n) is 7.24. The summed E-state index contributed by atoms with van der Waals surface area (Å²) in [5, 5.41) is 6.40. The second-order valence-electron chi connectivity index (χ2n) is 11.4. The van der Waals surface area contributed by atoms with E-state index in [1.807, 2.05) is 27.1 Å². The van der Waals surface area contributed by atoms with Gasteiger partial charge in [0.05, 0.1) is 5.70 Å². The first-order valence-electron chi connectivity index (χ1n) is 13.7. The molecule has 0 saturated heterocycles. The highest BCUT2D eigenvalue weighted by Crippen LogP contribution is 2.42. The maximum atomic E-state index is 14.7. The Balaban J connectivity index is 1.59. The van der Waals surface area contributed by atoms with E-state index in [-0.39, 0.29) is 29.2 Å². The summed E-state index contributed by atoms with van der Waals surface area (Å²) < 4.78 is 14.7. The molecule has 3 rings (SSSR count). The maximum Gasteiger partial charge on any atom is 0.225 e. The van der Waals surface area contributed by atoms with Gasteiger partial charge >= 0.3 is 0 Å². The van der Waals surface area contributed by atoms with E-state index in [0.29, 0.717) is 23.6 Å². The minimum absolute atomic E-state index is 0.0563. The summed E-state index contributed by atoms with van der Waals surface area (Å²) in [4.78, 5) is 19.7. The van der Waals surface area contributed by atoms with Gasteiger partial charge in [-0.2, -0.15) is 0 Å². The van der Waals surface area contributed by atoms with Crippen molar-refractivity contribution in [2.45, 2.75) is 79.3 Å². The molecule has 5 nitrogen and oxygen atoms in total. The van der Waals surface area contributed by atoms with Gasteiger partial charge in [-0.3, -0.25) is 9.79 Å². The molecular weight excluding hydrogens is 463 g/mol. The highest BCUT2D eigenvalue weighted by atomic mass is 19.1. The van der Waals surface area contributed by atoms with E-state index in [9.17, 15) is 9.18 Å². The summed E-state index contributed by atoms with van der Waals surface area (Å²) in [5.41, 5.74) is 3.36. The van der Waals surface area contributed by atoms with Crippen LogP contribution in [0, 0.1) is 23.1 Å². The van der Waals surface area contributed by atoms with Crippen molar-refractivity contribution < 1.29 is 9.18 Å². The topological polar surface area (TPSA) is 56.7 Å². The third kappa shape index (κ3) is 8.67. The van der Waals surface area contributed by atoms with Crippen LogP contribution in [0.5, 0.6) is 0 Å². The number of aliphatic imine (C=N–C) groups is 1. The van der Waals surface area contributed by atoms with E-state index in [4.69, 9.17) is 0 Å².